The van der Waals surface area contributed by atoms with E-state index in [0.717, 1.165) is 16.9 Å². The molecule has 0 bridgehead atoms. The van der Waals surface area contributed by atoms with Gasteiger partial charge in [-0.25, -0.2) is 9.79 Å². The first-order chi connectivity index (χ1) is 15.5. The van der Waals surface area contributed by atoms with Crippen LogP contribution in [0.3, 0.4) is 0 Å². The lowest BCUT2D eigenvalue weighted by Crippen LogP contribution is -2.39. The third kappa shape index (κ3) is 4.13. The van der Waals surface area contributed by atoms with Gasteiger partial charge in [0.25, 0.3) is 5.56 Å². The molecule has 3 heterocycles. The molecule has 0 saturated carbocycles. The van der Waals surface area contributed by atoms with Crippen molar-refractivity contribution in [2.75, 3.05) is 13.2 Å². The minimum atomic E-state index is -0.642. The van der Waals surface area contributed by atoms with Crippen LogP contribution in [0.25, 0.3) is 6.08 Å². The van der Waals surface area contributed by atoms with Gasteiger partial charge < -0.3 is 9.47 Å². The third-order valence-corrected chi connectivity index (χ3v) is 5.99. The number of nitrogens with zero attached hydrogens (tertiary/aromatic N) is 3. The van der Waals surface area contributed by atoms with Gasteiger partial charge in [-0.15, -0.1) is 0 Å². The van der Waals surface area contributed by atoms with Crippen molar-refractivity contribution in [1.29, 1.82) is 0 Å². The average molecular weight is 450 g/mol. The number of esters is 1. The van der Waals surface area contributed by atoms with Crippen LogP contribution < -0.4 is 19.6 Å². The Hall–Kier alpha value is -3.52. The highest BCUT2D eigenvalue weighted by molar-refractivity contribution is 7.07. The Labute approximate surface area is 189 Å². The van der Waals surface area contributed by atoms with Crippen molar-refractivity contribution in [3.05, 3.63) is 90.9 Å². The minimum absolute atomic E-state index is 0.217. The molecule has 1 atom stereocenters. The minimum Gasteiger partial charge on any atom is -0.494 e. The van der Waals surface area contributed by atoms with Crippen molar-refractivity contribution >= 4 is 23.4 Å². The predicted octanol–water partition coefficient (Wildman–Crippen LogP) is 2.59. The number of carbonyl (C=O) groups is 1. The van der Waals surface area contributed by atoms with Gasteiger partial charge in [-0.05, 0) is 56.2 Å². The van der Waals surface area contributed by atoms with Crippen LogP contribution in [0.5, 0.6) is 5.75 Å². The zero-order valence-corrected chi connectivity index (χ0v) is 18.9. The Kier molecular flexibility index (Phi) is 6.32. The lowest BCUT2D eigenvalue weighted by molar-refractivity contribution is -0.139. The third-order valence-electron chi connectivity index (χ3n) is 5.01. The van der Waals surface area contributed by atoms with E-state index in [-0.39, 0.29) is 12.2 Å². The molecule has 4 rings (SSSR count). The molecule has 0 radical (unpaired) electrons. The fourth-order valence-electron chi connectivity index (χ4n) is 3.63. The second-order valence-corrected chi connectivity index (χ2v) is 8.10. The Morgan fingerprint density at radius 2 is 1.97 bits per heavy atom. The number of hydrogen-bond donors (Lipinski definition) is 0. The van der Waals surface area contributed by atoms with Crippen molar-refractivity contribution in [3.8, 4) is 5.75 Å². The van der Waals surface area contributed by atoms with E-state index in [2.05, 4.69) is 9.98 Å². The van der Waals surface area contributed by atoms with E-state index in [1.807, 2.05) is 43.3 Å². The van der Waals surface area contributed by atoms with Crippen LogP contribution >= 0.6 is 11.3 Å². The average Bonchev–Trinajstić information content (AvgIpc) is 3.09. The summed E-state index contributed by atoms with van der Waals surface area (Å²) >= 11 is 1.29. The number of rotatable bonds is 6. The Balaban J connectivity index is 1.92. The van der Waals surface area contributed by atoms with Crippen LogP contribution in [0.15, 0.2) is 69.8 Å². The molecule has 1 aliphatic heterocycles. The summed E-state index contributed by atoms with van der Waals surface area (Å²) in [5, 5.41) is 0. The molecule has 0 N–H and O–H groups in total. The molecule has 0 amide bonds. The fourth-order valence-corrected chi connectivity index (χ4v) is 4.68. The SMILES string of the molecule is CCOC(=O)C1=C(C)N=c2s/c(=C/c3cccnc3)c(=O)n2C1c1ccc(OCC)cc1. The van der Waals surface area contributed by atoms with Gasteiger partial charge in [-0.2, -0.15) is 0 Å². The zero-order valence-electron chi connectivity index (χ0n) is 18.1. The molecule has 0 aliphatic carbocycles. The lowest BCUT2D eigenvalue weighted by atomic mass is 9.96. The number of ether oxygens (including phenoxy) is 2. The van der Waals surface area contributed by atoms with Crippen LogP contribution in [0.4, 0.5) is 0 Å². The smallest absolute Gasteiger partial charge is 0.338 e. The summed E-state index contributed by atoms with van der Waals surface area (Å²) in [6, 6.07) is 10.5. The maximum atomic E-state index is 13.5. The first-order valence-corrected chi connectivity index (χ1v) is 11.2. The number of fused-ring (bicyclic) bond motifs is 1. The second-order valence-electron chi connectivity index (χ2n) is 7.09. The lowest BCUT2D eigenvalue weighted by Gasteiger charge is -2.24. The molecule has 32 heavy (non-hydrogen) atoms. The largest absolute Gasteiger partial charge is 0.494 e. The van der Waals surface area contributed by atoms with Crippen molar-refractivity contribution in [1.82, 2.24) is 9.55 Å². The standard InChI is InChI=1S/C24H23N3O4S/c1-4-30-18-10-8-17(9-11-18)21-20(23(29)31-5-2)15(3)26-24-27(21)22(28)19(32-24)13-16-7-6-12-25-14-16/h6-14,21H,4-5H2,1-3H3/b19-13+. The summed E-state index contributed by atoms with van der Waals surface area (Å²) in [4.78, 5) is 35.6. The summed E-state index contributed by atoms with van der Waals surface area (Å²) in [7, 11) is 0. The van der Waals surface area contributed by atoms with Crippen LogP contribution in [-0.2, 0) is 9.53 Å². The topological polar surface area (TPSA) is 82.8 Å². The maximum absolute atomic E-state index is 13.5. The first-order valence-electron chi connectivity index (χ1n) is 10.4. The van der Waals surface area contributed by atoms with Crippen LogP contribution in [0, 0.1) is 0 Å². The molecule has 8 heteroatoms. The van der Waals surface area contributed by atoms with E-state index in [0.29, 0.717) is 27.2 Å². The maximum Gasteiger partial charge on any atom is 0.338 e. The summed E-state index contributed by atoms with van der Waals surface area (Å²) in [5.74, 6) is 0.243. The zero-order chi connectivity index (χ0) is 22.7. The Bertz CT molecular complexity index is 1340. The molecule has 7 nitrogen and oxygen atoms in total. The molecule has 2 aromatic heterocycles. The molecule has 164 valence electrons. The van der Waals surface area contributed by atoms with Gasteiger partial charge in [0.05, 0.1) is 35.1 Å². The Morgan fingerprint density at radius 3 is 2.62 bits per heavy atom. The van der Waals surface area contributed by atoms with Crippen LogP contribution in [-0.4, -0.2) is 28.7 Å². The summed E-state index contributed by atoms with van der Waals surface area (Å²) < 4.78 is 13.0. The van der Waals surface area contributed by atoms with E-state index in [1.54, 1.807) is 36.9 Å². The molecule has 1 unspecified atom stereocenters. The predicted molar refractivity (Wildman–Crippen MR) is 122 cm³/mol. The molecule has 0 saturated heterocycles. The van der Waals surface area contributed by atoms with Crippen molar-refractivity contribution in [2.45, 2.75) is 26.8 Å². The molecular formula is C24H23N3O4S. The highest BCUT2D eigenvalue weighted by Gasteiger charge is 2.33. The van der Waals surface area contributed by atoms with Gasteiger partial charge in [0.2, 0.25) is 0 Å². The molecule has 0 fully saturated rings. The number of thiazole rings is 1. The monoisotopic (exact) mass is 449 g/mol. The molecule has 1 aliphatic rings. The van der Waals surface area contributed by atoms with E-state index in [9.17, 15) is 9.59 Å². The molecular weight excluding hydrogens is 426 g/mol. The van der Waals surface area contributed by atoms with Gasteiger partial charge in [0.15, 0.2) is 4.80 Å². The number of carbonyl (C=O) groups excluding carboxylic acids is 1. The number of aromatic nitrogens is 2. The van der Waals surface area contributed by atoms with E-state index >= 15 is 0 Å². The van der Waals surface area contributed by atoms with Crippen LogP contribution in [0.2, 0.25) is 0 Å². The highest BCUT2D eigenvalue weighted by atomic mass is 32.1. The quantitative estimate of drug-likeness (QED) is 0.540. The van der Waals surface area contributed by atoms with Crippen molar-refractivity contribution < 1.29 is 14.3 Å². The Morgan fingerprint density at radius 1 is 1.19 bits per heavy atom. The van der Waals surface area contributed by atoms with Gasteiger partial charge in [0.1, 0.15) is 5.75 Å². The molecule has 0 spiro atoms. The number of benzene rings is 1. The van der Waals surface area contributed by atoms with Gasteiger partial charge >= 0.3 is 5.97 Å². The van der Waals surface area contributed by atoms with E-state index in [4.69, 9.17) is 9.47 Å². The van der Waals surface area contributed by atoms with E-state index < -0.39 is 12.0 Å². The normalized spacial score (nSPS) is 15.8. The molecule has 3 aromatic rings. The summed E-state index contributed by atoms with van der Waals surface area (Å²) in [6.45, 7) is 6.22. The molecule has 1 aromatic carbocycles. The van der Waals surface area contributed by atoms with Gasteiger partial charge in [0, 0.05) is 12.4 Å². The first kappa shape index (κ1) is 21.7. The number of pyridine rings is 1. The summed E-state index contributed by atoms with van der Waals surface area (Å²) in [6.07, 6.45) is 5.16. The second kappa shape index (κ2) is 9.32. The van der Waals surface area contributed by atoms with Gasteiger partial charge in [-0.3, -0.25) is 14.3 Å². The fraction of sp³-hybridized carbons (Fsp3) is 0.250. The van der Waals surface area contributed by atoms with Crippen molar-refractivity contribution in [3.63, 3.8) is 0 Å². The van der Waals surface area contributed by atoms with Crippen LogP contribution in [0.1, 0.15) is 37.9 Å². The summed E-state index contributed by atoms with van der Waals surface area (Å²) in [5.41, 5.74) is 2.27. The van der Waals surface area contributed by atoms with Gasteiger partial charge in [-0.1, -0.05) is 29.5 Å². The van der Waals surface area contributed by atoms with Crippen molar-refractivity contribution in [2.24, 2.45) is 4.99 Å². The number of allylic oxidation sites excluding steroid dienone is 1. The number of hydrogen-bond acceptors (Lipinski definition) is 7. The van der Waals surface area contributed by atoms with E-state index in [1.165, 1.54) is 11.3 Å². The highest BCUT2D eigenvalue weighted by Crippen LogP contribution is 2.31.